The van der Waals surface area contributed by atoms with Crippen LogP contribution in [0.25, 0.3) is 0 Å². The van der Waals surface area contributed by atoms with Gasteiger partial charge in [0.1, 0.15) is 0 Å². The van der Waals surface area contributed by atoms with E-state index in [9.17, 15) is 0 Å². The quantitative estimate of drug-likeness (QED) is 0.638. The zero-order valence-electron chi connectivity index (χ0n) is 9.01. The Kier molecular flexibility index (Phi) is 6.30. The lowest BCUT2D eigenvalue weighted by Crippen LogP contribution is -1.88. The first-order chi connectivity index (χ1) is 6.24. The summed E-state index contributed by atoms with van der Waals surface area (Å²) in [5.74, 6) is 0.404. The molecule has 1 rings (SSSR count). The normalized spacial score (nSPS) is 9.38. The zero-order valence-corrected chi connectivity index (χ0v) is 9.01. The fourth-order valence-corrected chi connectivity index (χ4v) is 1.12. The highest BCUT2D eigenvalue weighted by atomic mass is 14.0. The molecule has 0 aliphatic carbocycles. The second-order valence-electron chi connectivity index (χ2n) is 3.00. The Balaban J connectivity index is 0.000000671. The Bertz CT molecular complexity index is 223. The van der Waals surface area contributed by atoms with E-state index in [-0.39, 0.29) is 0 Å². The average Bonchev–Trinajstić information content (AvgIpc) is 2.21. The fourth-order valence-electron chi connectivity index (χ4n) is 1.12. The highest BCUT2D eigenvalue weighted by Crippen LogP contribution is 2.15. The van der Waals surface area contributed by atoms with Gasteiger partial charge in [-0.2, -0.15) is 0 Å². The predicted molar refractivity (Wildman–Crippen MR) is 60.6 cm³/mol. The van der Waals surface area contributed by atoms with Crippen LogP contribution >= 0.6 is 0 Å². The monoisotopic (exact) mass is 176 g/mol. The maximum atomic E-state index is 3.98. The van der Waals surface area contributed by atoms with Crippen molar-refractivity contribution in [3.05, 3.63) is 49.2 Å². The third-order valence-electron chi connectivity index (χ3n) is 1.93. The van der Waals surface area contributed by atoms with Gasteiger partial charge in [0.15, 0.2) is 0 Å². The molecule has 0 heteroatoms. The Morgan fingerprint density at radius 2 is 1.92 bits per heavy atom. The number of aryl methyl sites for hydroxylation is 1. The van der Waals surface area contributed by atoms with Crippen LogP contribution in [0.15, 0.2) is 24.3 Å². The van der Waals surface area contributed by atoms with Crippen molar-refractivity contribution in [2.24, 2.45) is 0 Å². The molecule has 1 aromatic rings. The molecular weight excluding hydrogens is 156 g/mol. The van der Waals surface area contributed by atoms with Crippen LogP contribution in [0.1, 0.15) is 37.8 Å². The van der Waals surface area contributed by atoms with Gasteiger partial charge >= 0.3 is 0 Å². The number of benzene rings is 1. The van der Waals surface area contributed by atoms with Gasteiger partial charge in [-0.05, 0) is 30.4 Å². The lowest BCUT2D eigenvalue weighted by Gasteiger charge is -2.05. The molecule has 1 aromatic carbocycles. The Morgan fingerprint density at radius 1 is 1.31 bits per heavy atom. The SMILES string of the molecule is [CH2]C.[CH2]C(C)c1cccc(CC)c1. The second kappa shape index (κ2) is 6.71. The summed E-state index contributed by atoms with van der Waals surface area (Å²) in [5, 5.41) is 0. The molecule has 0 saturated heterocycles. The minimum atomic E-state index is 0.404. The van der Waals surface area contributed by atoms with Crippen LogP contribution in [0.2, 0.25) is 0 Å². The van der Waals surface area contributed by atoms with Crippen LogP contribution in [-0.2, 0) is 6.42 Å². The average molecular weight is 176 g/mol. The molecule has 0 saturated carbocycles. The zero-order chi connectivity index (χ0) is 10.3. The van der Waals surface area contributed by atoms with Gasteiger partial charge in [0.25, 0.3) is 0 Å². The lowest BCUT2D eigenvalue weighted by atomic mass is 10.0. The molecule has 0 aliphatic heterocycles. The van der Waals surface area contributed by atoms with Crippen molar-refractivity contribution in [1.29, 1.82) is 0 Å². The number of hydrogen-bond acceptors (Lipinski definition) is 0. The molecule has 1 atom stereocenters. The van der Waals surface area contributed by atoms with E-state index in [1.165, 1.54) is 11.1 Å². The van der Waals surface area contributed by atoms with Gasteiger partial charge in [-0.3, -0.25) is 0 Å². The smallest absolute Gasteiger partial charge is 0.0190 e. The minimum Gasteiger partial charge on any atom is -0.0654 e. The van der Waals surface area contributed by atoms with Gasteiger partial charge in [-0.15, -0.1) is 0 Å². The Labute approximate surface area is 83.0 Å². The highest BCUT2D eigenvalue weighted by molar-refractivity contribution is 5.26. The molecule has 0 aliphatic rings. The maximum Gasteiger partial charge on any atom is -0.0190 e. The Morgan fingerprint density at radius 3 is 2.38 bits per heavy atom. The van der Waals surface area contributed by atoms with Gasteiger partial charge in [0.2, 0.25) is 0 Å². The molecular formula is C13H20. The molecule has 0 bridgehead atoms. The minimum absolute atomic E-state index is 0.404. The Hall–Kier alpha value is -0.780. The van der Waals surface area contributed by atoms with E-state index < -0.39 is 0 Å². The third-order valence-corrected chi connectivity index (χ3v) is 1.93. The van der Waals surface area contributed by atoms with Gasteiger partial charge in [0.05, 0.1) is 0 Å². The van der Waals surface area contributed by atoms with Crippen LogP contribution in [-0.4, -0.2) is 0 Å². The highest BCUT2D eigenvalue weighted by Gasteiger charge is 1.97. The lowest BCUT2D eigenvalue weighted by molar-refractivity contribution is 0.955. The molecule has 13 heavy (non-hydrogen) atoms. The molecule has 0 aromatic heterocycles. The molecule has 2 radical (unpaired) electrons. The van der Waals surface area contributed by atoms with E-state index in [1.54, 1.807) is 6.92 Å². The largest absolute Gasteiger partial charge is 0.0654 e. The molecule has 0 N–H and O–H groups in total. The summed E-state index contributed by atoms with van der Waals surface area (Å²) in [6.45, 7) is 13.3. The van der Waals surface area contributed by atoms with E-state index in [0.717, 1.165) is 6.42 Å². The van der Waals surface area contributed by atoms with Crippen molar-refractivity contribution in [2.75, 3.05) is 0 Å². The first-order valence-corrected chi connectivity index (χ1v) is 4.86. The fraction of sp³-hybridized carbons (Fsp3) is 0.385. The van der Waals surface area contributed by atoms with Crippen LogP contribution in [0, 0.1) is 13.8 Å². The maximum absolute atomic E-state index is 3.98. The van der Waals surface area contributed by atoms with Gasteiger partial charge in [-0.1, -0.05) is 52.0 Å². The summed E-state index contributed by atoms with van der Waals surface area (Å²) in [6, 6.07) is 8.64. The topological polar surface area (TPSA) is 0 Å². The van der Waals surface area contributed by atoms with Crippen molar-refractivity contribution in [2.45, 2.75) is 33.1 Å². The number of rotatable bonds is 2. The third kappa shape index (κ3) is 4.12. The standard InChI is InChI=1S/C11H15.C2H5/c1-4-10-6-5-7-11(8-10)9(2)3;1-2/h5-9H,2,4H2,1,3H3;1H2,2H3. The van der Waals surface area contributed by atoms with Crippen molar-refractivity contribution < 1.29 is 0 Å². The second-order valence-corrected chi connectivity index (χ2v) is 3.00. The first-order valence-electron chi connectivity index (χ1n) is 4.86. The van der Waals surface area contributed by atoms with Gasteiger partial charge in [-0.25, -0.2) is 0 Å². The van der Waals surface area contributed by atoms with Crippen LogP contribution < -0.4 is 0 Å². The summed E-state index contributed by atoms with van der Waals surface area (Å²) in [7, 11) is 0. The molecule has 1 unspecified atom stereocenters. The summed E-state index contributed by atoms with van der Waals surface area (Å²) < 4.78 is 0. The van der Waals surface area contributed by atoms with Gasteiger partial charge in [0, 0.05) is 0 Å². The van der Waals surface area contributed by atoms with E-state index >= 15 is 0 Å². The van der Waals surface area contributed by atoms with E-state index in [2.05, 4.69) is 52.0 Å². The van der Waals surface area contributed by atoms with Crippen LogP contribution in [0.4, 0.5) is 0 Å². The predicted octanol–water partition coefficient (Wildman–Crippen LogP) is 4.03. The van der Waals surface area contributed by atoms with Gasteiger partial charge < -0.3 is 0 Å². The molecule has 0 spiro atoms. The summed E-state index contributed by atoms with van der Waals surface area (Å²) in [5.41, 5.74) is 2.74. The molecule has 0 heterocycles. The molecule has 0 amide bonds. The molecule has 0 nitrogen and oxygen atoms in total. The van der Waals surface area contributed by atoms with Crippen LogP contribution in [0.5, 0.6) is 0 Å². The van der Waals surface area contributed by atoms with Crippen molar-refractivity contribution in [3.8, 4) is 0 Å². The van der Waals surface area contributed by atoms with E-state index in [0.29, 0.717) is 5.92 Å². The molecule has 0 fully saturated rings. The van der Waals surface area contributed by atoms with Crippen LogP contribution in [0.3, 0.4) is 0 Å². The number of hydrogen-bond donors (Lipinski definition) is 0. The molecule has 72 valence electrons. The van der Waals surface area contributed by atoms with E-state index in [1.807, 2.05) is 0 Å². The van der Waals surface area contributed by atoms with Crippen molar-refractivity contribution >= 4 is 0 Å². The van der Waals surface area contributed by atoms with Crippen molar-refractivity contribution in [1.82, 2.24) is 0 Å². The summed E-state index contributed by atoms with van der Waals surface area (Å²) in [4.78, 5) is 0. The first kappa shape index (κ1) is 12.2. The summed E-state index contributed by atoms with van der Waals surface area (Å²) >= 11 is 0. The summed E-state index contributed by atoms with van der Waals surface area (Å²) in [6.07, 6.45) is 1.11. The van der Waals surface area contributed by atoms with Crippen molar-refractivity contribution in [3.63, 3.8) is 0 Å². The van der Waals surface area contributed by atoms with E-state index in [4.69, 9.17) is 0 Å².